The lowest BCUT2D eigenvalue weighted by molar-refractivity contribution is -0.137. The number of pyridine rings is 1. The van der Waals surface area contributed by atoms with Crippen LogP contribution >= 0.6 is 0 Å². The van der Waals surface area contributed by atoms with Gasteiger partial charge in [0.2, 0.25) is 0 Å². The lowest BCUT2D eigenvalue weighted by atomic mass is 10.3. The second-order valence-electron chi connectivity index (χ2n) is 3.27. The number of halogens is 3. The number of fused-ring (bicyclic) bond motifs is 1. The van der Waals surface area contributed by atoms with Crippen molar-refractivity contribution in [1.29, 1.82) is 0 Å². The summed E-state index contributed by atoms with van der Waals surface area (Å²) in [5.41, 5.74) is 0.882. The molecule has 0 amide bonds. The Bertz CT molecular complexity index is 468. The molecule has 2 heterocycles. The van der Waals surface area contributed by atoms with Crippen LogP contribution in [-0.4, -0.2) is 4.40 Å². The van der Waals surface area contributed by atoms with Gasteiger partial charge in [-0.05, 0) is 24.6 Å². The van der Waals surface area contributed by atoms with Crippen molar-refractivity contribution in [3.05, 3.63) is 41.7 Å². The Hall–Kier alpha value is -1.45. The highest BCUT2D eigenvalue weighted by Crippen LogP contribution is 2.30. The first-order valence-corrected chi connectivity index (χ1v) is 4.12. The molecule has 0 spiro atoms. The maximum absolute atomic E-state index is 12.3. The van der Waals surface area contributed by atoms with Gasteiger partial charge < -0.3 is 4.40 Å². The molecule has 0 aliphatic rings. The van der Waals surface area contributed by atoms with Crippen molar-refractivity contribution in [2.75, 3.05) is 0 Å². The predicted molar refractivity (Wildman–Crippen MR) is 47.1 cm³/mol. The minimum absolute atomic E-state index is 0.558. The van der Waals surface area contributed by atoms with Crippen molar-refractivity contribution in [2.24, 2.45) is 0 Å². The Balaban J connectivity index is 2.63. The Kier molecular flexibility index (Phi) is 1.80. The molecule has 4 heteroatoms. The van der Waals surface area contributed by atoms with E-state index < -0.39 is 11.7 Å². The Labute approximate surface area is 78.8 Å². The molecule has 2 aromatic rings. The van der Waals surface area contributed by atoms with E-state index in [9.17, 15) is 13.2 Å². The van der Waals surface area contributed by atoms with Crippen molar-refractivity contribution in [3.8, 4) is 0 Å². The third-order valence-corrected chi connectivity index (χ3v) is 2.07. The molecule has 74 valence electrons. The van der Waals surface area contributed by atoms with E-state index in [4.69, 9.17) is 0 Å². The quantitative estimate of drug-likeness (QED) is 0.613. The predicted octanol–water partition coefficient (Wildman–Crippen LogP) is 3.27. The van der Waals surface area contributed by atoms with Gasteiger partial charge in [-0.1, -0.05) is 6.07 Å². The molecule has 0 bridgehead atoms. The molecule has 2 aromatic heterocycles. The van der Waals surface area contributed by atoms with Gasteiger partial charge in [0, 0.05) is 17.9 Å². The summed E-state index contributed by atoms with van der Waals surface area (Å²) in [6, 6.07) is 4.60. The zero-order valence-corrected chi connectivity index (χ0v) is 7.47. The molecule has 14 heavy (non-hydrogen) atoms. The van der Waals surface area contributed by atoms with E-state index in [1.807, 2.05) is 6.92 Å². The van der Waals surface area contributed by atoms with Gasteiger partial charge in [0.15, 0.2) is 0 Å². The maximum atomic E-state index is 12.3. The molecule has 0 fully saturated rings. The second-order valence-corrected chi connectivity index (χ2v) is 3.27. The van der Waals surface area contributed by atoms with Crippen LogP contribution in [0.25, 0.3) is 5.52 Å². The van der Waals surface area contributed by atoms with Crippen LogP contribution in [0.5, 0.6) is 0 Å². The lowest BCUT2D eigenvalue weighted by Gasteiger charge is -2.00. The van der Waals surface area contributed by atoms with Crippen LogP contribution in [0, 0.1) is 6.92 Å². The number of alkyl halides is 3. The molecule has 0 N–H and O–H groups in total. The van der Waals surface area contributed by atoms with E-state index in [1.54, 1.807) is 18.3 Å². The van der Waals surface area contributed by atoms with Gasteiger partial charge in [0.05, 0.1) is 5.56 Å². The number of rotatable bonds is 0. The average Bonchev–Trinajstić information content (AvgIpc) is 2.45. The molecule has 0 radical (unpaired) electrons. The SMILES string of the molecule is Cc1ccc2cc(C(F)(F)F)cn2c1. The van der Waals surface area contributed by atoms with Gasteiger partial charge in [0.1, 0.15) is 0 Å². The van der Waals surface area contributed by atoms with Crippen molar-refractivity contribution < 1.29 is 13.2 Å². The molecule has 0 saturated carbocycles. The molecule has 1 nitrogen and oxygen atoms in total. The molecule has 0 aromatic carbocycles. The largest absolute Gasteiger partial charge is 0.417 e. The van der Waals surface area contributed by atoms with E-state index in [0.29, 0.717) is 5.52 Å². The maximum Gasteiger partial charge on any atom is 0.417 e. The molecule has 0 unspecified atom stereocenters. The average molecular weight is 199 g/mol. The smallest absolute Gasteiger partial charge is 0.323 e. The fourth-order valence-electron chi connectivity index (χ4n) is 1.38. The first-order valence-electron chi connectivity index (χ1n) is 4.12. The highest BCUT2D eigenvalue weighted by atomic mass is 19.4. The van der Waals surface area contributed by atoms with Gasteiger partial charge in [-0.2, -0.15) is 13.2 Å². The van der Waals surface area contributed by atoms with Gasteiger partial charge in [-0.15, -0.1) is 0 Å². The summed E-state index contributed by atoms with van der Waals surface area (Å²) in [5.74, 6) is 0. The summed E-state index contributed by atoms with van der Waals surface area (Å²) in [6.07, 6.45) is -1.49. The third kappa shape index (κ3) is 1.47. The van der Waals surface area contributed by atoms with Crippen LogP contribution in [0.2, 0.25) is 0 Å². The van der Waals surface area contributed by atoms with Gasteiger partial charge in [-0.3, -0.25) is 0 Å². The van der Waals surface area contributed by atoms with Gasteiger partial charge in [0.25, 0.3) is 0 Å². The van der Waals surface area contributed by atoms with E-state index >= 15 is 0 Å². The number of aryl methyl sites for hydroxylation is 1. The number of hydrogen-bond donors (Lipinski definition) is 0. The van der Waals surface area contributed by atoms with Crippen LogP contribution < -0.4 is 0 Å². The first kappa shape index (κ1) is 9.12. The summed E-state index contributed by atoms with van der Waals surface area (Å²) < 4.78 is 38.4. The number of aromatic nitrogens is 1. The standard InChI is InChI=1S/C10H8F3N/c1-7-2-3-9-4-8(10(11,12)13)6-14(9)5-7/h2-6H,1H3. The molecule has 0 atom stereocenters. The summed E-state index contributed by atoms with van der Waals surface area (Å²) in [7, 11) is 0. The summed E-state index contributed by atoms with van der Waals surface area (Å²) >= 11 is 0. The summed E-state index contributed by atoms with van der Waals surface area (Å²) in [5, 5.41) is 0. The molecule has 0 aliphatic carbocycles. The van der Waals surface area contributed by atoms with Crippen molar-refractivity contribution in [2.45, 2.75) is 13.1 Å². The van der Waals surface area contributed by atoms with E-state index in [-0.39, 0.29) is 0 Å². The van der Waals surface area contributed by atoms with Crippen molar-refractivity contribution in [3.63, 3.8) is 0 Å². The molecular weight excluding hydrogens is 191 g/mol. The third-order valence-electron chi connectivity index (χ3n) is 2.07. The van der Waals surface area contributed by atoms with Crippen LogP contribution in [0.4, 0.5) is 13.2 Å². The number of nitrogens with zero attached hydrogens (tertiary/aromatic N) is 1. The molecule has 2 rings (SSSR count). The van der Waals surface area contributed by atoms with Crippen molar-refractivity contribution in [1.82, 2.24) is 4.40 Å². The minimum Gasteiger partial charge on any atom is -0.323 e. The Morgan fingerprint density at radius 2 is 1.86 bits per heavy atom. The lowest BCUT2D eigenvalue weighted by Crippen LogP contribution is -2.02. The highest BCUT2D eigenvalue weighted by molar-refractivity contribution is 5.51. The molecule has 0 aliphatic heterocycles. The molecular formula is C10H8F3N. The first-order chi connectivity index (χ1) is 6.47. The van der Waals surface area contributed by atoms with Gasteiger partial charge >= 0.3 is 6.18 Å². The van der Waals surface area contributed by atoms with E-state index in [2.05, 4.69) is 0 Å². The Morgan fingerprint density at radius 3 is 2.50 bits per heavy atom. The monoisotopic (exact) mass is 199 g/mol. The topological polar surface area (TPSA) is 4.41 Å². The fourth-order valence-corrected chi connectivity index (χ4v) is 1.38. The zero-order valence-electron chi connectivity index (χ0n) is 7.47. The molecule has 0 saturated heterocycles. The van der Waals surface area contributed by atoms with Gasteiger partial charge in [-0.25, -0.2) is 0 Å². The van der Waals surface area contributed by atoms with E-state index in [0.717, 1.165) is 17.8 Å². The number of hydrogen-bond acceptors (Lipinski definition) is 0. The minimum atomic E-state index is -4.26. The Morgan fingerprint density at radius 1 is 1.14 bits per heavy atom. The second kappa shape index (κ2) is 2.77. The van der Waals surface area contributed by atoms with E-state index in [1.165, 1.54) is 4.40 Å². The summed E-state index contributed by atoms with van der Waals surface area (Å²) in [4.78, 5) is 0. The zero-order chi connectivity index (χ0) is 10.3. The van der Waals surface area contributed by atoms with Crippen LogP contribution in [0.3, 0.4) is 0 Å². The van der Waals surface area contributed by atoms with Crippen LogP contribution in [0.1, 0.15) is 11.1 Å². The van der Waals surface area contributed by atoms with Crippen LogP contribution in [0.15, 0.2) is 30.6 Å². The summed E-state index contributed by atoms with van der Waals surface area (Å²) in [6.45, 7) is 1.84. The highest BCUT2D eigenvalue weighted by Gasteiger charge is 2.31. The normalized spacial score (nSPS) is 12.3. The fraction of sp³-hybridized carbons (Fsp3) is 0.200. The van der Waals surface area contributed by atoms with Crippen molar-refractivity contribution >= 4 is 5.52 Å². The van der Waals surface area contributed by atoms with Crippen LogP contribution in [-0.2, 0) is 6.18 Å².